The summed E-state index contributed by atoms with van der Waals surface area (Å²) in [6, 6.07) is 13.2. The van der Waals surface area contributed by atoms with Gasteiger partial charge in [0.05, 0.1) is 18.5 Å². The van der Waals surface area contributed by atoms with E-state index in [1.165, 1.54) is 6.08 Å². The minimum Gasteiger partial charge on any atom is -0.495 e. The number of carbonyl (C=O) groups excluding carboxylic acids is 1. The first-order valence-corrected chi connectivity index (χ1v) is 7.38. The van der Waals surface area contributed by atoms with Gasteiger partial charge in [0.2, 0.25) is 5.91 Å². The van der Waals surface area contributed by atoms with Crippen molar-refractivity contribution >= 4 is 28.1 Å². The van der Waals surface area contributed by atoms with Crippen molar-refractivity contribution in [1.82, 2.24) is 4.98 Å². The number of nitrogens with one attached hydrogen (secondary N) is 1. The van der Waals surface area contributed by atoms with Gasteiger partial charge in [0, 0.05) is 22.8 Å². The van der Waals surface area contributed by atoms with Crippen LogP contribution in [0.15, 0.2) is 61.3 Å². The Balaban J connectivity index is 2.21. The lowest BCUT2D eigenvalue weighted by Gasteiger charge is -2.13. The number of aromatic nitrogens is 1. The van der Waals surface area contributed by atoms with E-state index in [2.05, 4.69) is 16.9 Å². The lowest BCUT2D eigenvalue weighted by Crippen LogP contribution is -2.09. The number of anilines is 2. The molecule has 5 nitrogen and oxygen atoms in total. The van der Waals surface area contributed by atoms with Gasteiger partial charge in [-0.05, 0) is 35.7 Å². The average molecular weight is 319 g/mol. The molecule has 24 heavy (non-hydrogen) atoms. The van der Waals surface area contributed by atoms with Crippen LogP contribution in [0.3, 0.4) is 0 Å². The Hall–Kier alpha value is -3.34. The highest BCUT2D eigenvalue weighted by atomic mass is 16.5. The van der Waals surface area contributed by atoms with Crippen LogP contribution in [-0.2, 0) is 4.79 Å². The summed E-state index contributed by atoms with van der Waals surface area (Å²) in [5, 5.41) is 4.64. The predicted octanol–water partition coefficient (Wildman–Crippen LogP) is 3.62. The molecule has 2 aromatic carbocycles. The zero-order chi connectivity index (χ0) is 17.1. The summed E-state index contributed by atoms with van der Waals surface area (Å²) in [5.74, 6) is 0.281. The number of hydrogen-bond acceptors (Lipinski definition) is 4. The lowest BCUT2D eigenvalue weighted by atomic mass is 10.0. The van der Waals surface area contributed by atoms with Crippen molar-refractivity contribution in [3.05, 3.63) is 61.3 Å². The van der Waals surface area contributed by atoms with Crippen LogP contribution >= 0.6 is 0 Å². The summed E-state index contributed by atoms with van der Waals surface area (Å²) in [4.78, 5) is 16.1. The number of ether oxygens (including phenoxy) is 1. The van der Waals surface area contributed by atoms with Gasteiger partial charge in [-0.25, -0.2) is 0 Å². The molecule has 0 fully saturated rings. The Kier molecular flexibility index (Phi) is 4.16. The smallest absolute Gasteiger partial charge is 0.247 e. The fraction of sp³-hybridized carbons (Fsp3) is 0.0526. The van der Waals surface area contributed by atoms with Gasteiger partial charge in [-0.1, -0.05) is 24.8 Å². The number of rotatable bonds is 4. The van der Waals surface area contributed by atoms with E-state index in [1.807, 2.05) is 36.4 Å². The molecule has 3 aromatic rings. The summed E-state index contributed by atoms with van der Waals surface area (Å²) >= 11 is 0. The number of carbonyl (C=O) groups is 1. The predicted molar refractivity (Wildman–Crippen MR) is 97.0 cm³/mol. The van der Waals surface area contributed by atoms with Gasteiger partial charge in [0.25, 0.3) is 0 Å². The quantitative estimate of drug-likeness (QED) is 0.720. The van der Waals surface area contributed by atoms with Crippen molar-refractivity contribution < 1.29 is 9.53 Å². The molecule has 1 aromatic heterocycles. The molecule has 5 heteroatoms. The second-order valence-corrected chi connectivity index (χ2v) is 5.25. The molecule has 0 spiro atoms. The second-order valence-electron chi connectivity index (χ2n) is 5.25. The molecular weight excluding hydrogens is 302 g/mol. The third-order valence-electron chi connectivity index (χ3n) is 3.72. The molecule has 0 radical (unpaired) electrons. The molecule has 0 unspecified atom stereocenters. The first-order chi connectivity index (χ1) is 11.6. The molecule has 0 aliphatic heterocycles. The molecule has 0 bridgehead atoms. The molecule has 0 aliphatic carbocycles. The number of methoxy groups -OCH3 is 1. The molecular formula is C19H17N3O2. The number of nitrogens with zero attached hydrogens (tertiary/aromatic N) is 1. The van der Waals surface area contributed by atoms with E-state index in [-0.39, 0.29) is 5.91 Å². The van der Waals surface area contributed by atoms with Crippen molar-refractivity contribution in [2.75, 3.05) is 18.2 Å². The van der Waals surface area contributed by atoms with Crippen molar-refractivity contribution in [3.8, 4) is 17.0 Å². The number of nitrogens with two attached hydrogens (primary N) is 1. The molecule has 120 valence electrons. The van der Waals surface area contributed by atoms with E-state index in [0.29, 0.717) is 17.1 Å². The van der Waals surface area contributed by atoms with Gasteiger partial charge in [0.15, 0.2) is 0 Å². The monoisotopic (exact) mass is 319 g/mol. The largest absolute Gasteiger partial charge is 0.495 e. The Labute approximate surface area is 139 Å². The SMILES string of the molecule is C=CC(=O)Nc1c(OC)ccc2ccc(-c3cc(N)ccn3)cc12. The normalized spacial score (nSPS) is 10.4. The maximum absolute atomic E-state index is 11.8. The summed E-state index contributed by atoms with van der Waals surface area (Å²) in [6.07, 6.45) is 2.89. The van der Waals surface area contributed by atoms with E-state index >= 15 is 0 Å². The number of benzene rings is 2. The maximum Gasteiger partial charge on any atom is 0.247 e. The molecule has 0 saturated heterocycles. The zero-order valence-electron chi connectivity index (χ0n) is 13.2. The number of amides is 1. The first-order valence-electron chi connectivity index (χ1n) is 7.38. The van der Waals surface area contributed by atoms with Crippen molar-refractivity contribution in [2.24, 2.45) is 0 Å². The summed E-state index contributed by atoms with van der Waals surface area (Å²) in [7, 11) is 1.56. The summed E-state index contributed by atoms with van der Waals surface area (Å²) in [6.45, 7) is 3.49. The third-order valence-corrected chi connectivity index (χ3v) is 3.72. The third kappa shape index (κ3) is 2.92. The van der Waals surface area contributed by atoms with Crippen LogP contribution in [0.2, 0.25) is 0 Å². The van der Waals surface area contributed by atoms with Crippen molar-refractivity contribution in [1.29, 1.82) is 0 Å². The molecule has 0 aliphatic rings. The zero-order valence-corrected chi connectivity index (χ0v) is 13.2. The highest BCUT2D eigenvalue weighted by molar-refractivity contribution is 6.08. The fourth-order valence-corrected chi connectivity index (χ4v) is 2.54. The highest BCUT2D eigenvalue weighted by Gasteiger charge is 2.12. The van der Waals surface area contributed by atoms with Crippen LogP contribution < -0.4 is 15.8 Å². The molecule has 1 amide bonds. The topological polar surface area (TPSA) is 77.2 Å². The average Bonchev–Trinajstić information content (AvgIpc) is 2.61. The van der Waals surface area contributed by atoms with E-state index in [0.717, 1.165) is 22.0 Å². The Morgan fingerprint density at radius 3 is 2.75 bits per heavy atom. The molecule has 3 rings (SSSR count). The van der Waals surface area contributed by atoms with Gasteiger partial charge < -0.3 is 15.8 Å². The molecule has 1 heterocycles. The van der Waals surface area contributed by atoms with Gasteiger partial charge in [-0.2, -0.15) is 0 Å². The van der Waals surface area contributed by atoms with Crippen molar-refractivity contribution in [2.45, 2.75) is 0 Å². The van der Waals surface area contributed by atoms with Gasteiger partial charge in [-0.15, -0.1) is 0 Å². The molecule has 0 saturated carbocycles. The maximum atomic E-state index is 11.8. The van der Waals surface area contributed by atoms with E-state index in [4.69, 9.17) is 10.5 Å². The van der Waals surface area contributed by atoms with E-state index < -0.39 is 0 Å². The van der Waals surface area contributed by atoms with Crippen LogP contribution in [-0.4, -0.2) is 18.0 Å². The number of pyridine rings is 1. The standard InChI is InChI=1S/C19H17N3O2/c1-3-18(23)22-19-15-10-13(16-11-14(20)8-9-21-16)5-4-12(15)6-7-17(19)24-2/h3-11H,1H2,2H3,(H2,20,21)(H,22,23). The van der Waals surface area contributed by atoms with Gasteiger partial charge in [0.1, 0.15) is 5.75 Å². The minimum absolute atomic E-state index is 0.298. The molecule has 0 atom stereocenters. The Morgan fingerprint density at radius 2 is 2.04 bits per heavy atom. The number of nitrogen functional groups attached to an aromatic ring is 1. The summed E-state index contributed by atoms with van der Waals surface area (Å²) < 4.78 is 5.38. The van der Waals surface area contributed by atoms with Gasteiger partial charge >= 0.3 is 0 Å². The minimum atomic E-state index is -0.298. The van der Waals surface area contributed by atoms with Crippen LogP contribution in [0.1, 0.15) is 0 Å². The Morgan fingerprint density at radius 1 is 1.25 bits per heavy atom. The number of fused-ring (bicyclic) bond motifs is 1. The van der Waals surface area contributed by atoms with Crippen LogP contribution in [0, 0.1) is 0 Å². The van der Waals surface area contributed by atoms with E-state index in [9.17, 15) is 4.79 Å². The van der Waals surface area contributed by atoms with Crippen LogP contribution in [0.5, 0.6) is 5.75 Å². The van der Waals surface area contributed by atoms with Crippen LogP contribution in [0.25, 0.3) is 22.0 Å². The lowest BCUT2D eigenvalue weighted by molar-refractivity contribution is -0.111. The second kappa shape index (κ2) is 6.42. The molecule has 3 N–H and O–H groups in total. The van der Waals surface area contributed by atoms with Crippen molar-refractivity contribution in [3.63, 3.8) is 0 Å². The highest BCUT2D eigenvalue weighted by Crippen LogP contribution is 2.35. The van der Waals surface area contributed by atoms with Crippen LogP contribution in [0.4, 0.5) is 11.4 Å². The van der Waals surface area contributed by atoms with Gasteiger partial charge in [-0.3, -0.25) is 9.78 Å². The summed E-state index contributed by atoms with van der Waals surface area (Å²) in [5.41, 5.74) is 8.75. The van der Waals surface area contributed by atoms with E-state index in [1.54, 1.807) is 19.4 Å². The Bertz CT molecular complexity index is 935. The first kappa shape index (κ1) is 15.6. The fourth-order valence-electron chi connectivity index (χ4n) is 2.54. The number of hydrogen-bond donors (Lipinski definition) is 2.